The highest BCUT2D eigenvalue weighted by Gasteiger charge is 2.22. The largest absolute Gasteiger partial charge is 0.457 e. The molecule has 5 nitrogen and oxygen atoms in total. The van der Waals surface area contributed by atoms with E-state index in [-0.39, 0.29) is 22.6 Å². The van der Waals surface area contributed by atoms with Crippen molar-refractivity contribution in [2.24, 2.45) is 0 Å². The summed E-state index contributed by atoms with van der Waals surface area (Å²) in [5.41, 5.74) is 0.382. The highest BCUT2D eigenvalue weighted by molar-refractivity contribution is 6.31. The van der Waals surface area contributed by atoms with Crippen LogP contribution in [0.2, 0.25) is 5.02 Å². The standard InChI is InChI=1S/C24H19ClO5/c1-14(2)23(26)29-21-13-20(28-17-8-6-5-7-9-17)19-12-16(25)10-11-18(19)22(21)30-24(27)15(3)4/h5-13H,1,3H2,2,4H3. The molecule has 0 amide bonds. The lowest BCUT2D eigenvalue weighted by molar-refractivity contribution is -0.132. The van der Waals surface area contributed by atoms with Crippen LogP contribution in [0.15, 0.2) is 78.9 Å². The van der Waals surface area contributed by atoms with Gasteiger partial charge in [0.05, 0.1) is 0 Å². The van der Waals surface area contributed by atoms with Gasteiger partial charge in [0.25, 0.3) is 0 Å². The number of esters is 2. The Bertz CT molecular complexity index is 1170. The molecule has 0 radical (unpaired) electrons. The number of hydrogen-bond acceptors (Lipinski definition) is 5. The number of halogens is 1. The van der Waals surface area contributed by atoms with Crippen LogP contribution in [0.25, 0.3) is 10.8 Å². The van der Waals surface area contributed by atoms with Gasteiger partial charge in [0.1, 0.15) is 11.5 Å². The van der Waals surface area contributed by atoms with Crippen molar-refractivity contribution in [2.75, 3.05) is 0 Å². The molecule has 30 heavy (non-hydrogen) atoms. The van der Waals surface area contributed by atoms with Crippen molar-refractivity contribution >= 4 is 34.3 Å². The fourth-order valence-corrected chi connectivity index (χ4v) is 2.73. The Morgan fingerprint density at radius 2 is 1.43 bits per heavy atom. The highest BCUT2D eigenvalue weighted by Crippen LogP contribution is 2.44. The summed E-state index contributed by atoms with van der Waals surface area (Å²) in [4.78, 5) is 24.4. The van der Waals surface area contributed by atoms with E-state index in [0.717, 1.165) is 0 Å². The van der Waals surface area contributed by atoms with Crippen molar-refractivity contribution in [1.82, 2.24) is 0 Å². The average molecular weight is 423 g/mol. The van der Waals surface area contributed by atoms with E-state index in [4.69, 9.17) is 25.8 Å². The van der Waals surface area contributed by atoms with Gasteiger partial charge in [-0.1, -0.05) is 43.0 Å². The lowest BCUT2D eigenvalue weighted by atomic mass is 10.1. The predicted molar refractivity (Wildman–Crippen MR) is 116 cm³/mol. The highest BCUT2D eigenvalue weighted by atomic mass is 35.5. The average Bonchev–Trinajstić information content (AvgIpc) is 2.71. The van der Waals surface area contributed by atoms with Crippen LogP contribution in [0.4, 0.5) is 0 Å². The molecule has 0 heterocycles. The number of carbonyl (C=O) groups is 2. The number of rotatable bonds is 6. The van der Waals surface area contributed by atoms with Crippen LogP contribution in [0.5, 0.6) is 23.0 Å². The molecule has 0 unspecified atom stereocenters. The molecule has 0 aliphatic rings. The van der Waals surface area contributed by atoms with Gasteiger partial charge in [0.15, 0.2) is 11.5 Å². The second kappa shape index (κ2) is 8.84. The molecule has 0 saturated heterocycles. The zero-order valence-electron chi connectivity index (χ0n) is 16.5. The van der Waals surface area contributed by atoms with E-state index in [9.17, 15) is 9.59 Å². The maximum atomic E-state index is 12.2. The molecule has 0 bridgehead atoms. The van der Waals surface area contributed by atoms with Crippen LogP contribution in [0.3, 0.4) is 0 Å². The first-order valence-corrected chi connectivity index (χ1v) is 9.38. The minimum absolute atomic E-state index is 0.0124. The number of ether oxygens (including phenoxy) is 3. The van der Waals surface area contributed by atoms with Crippen LogP contribution in [-0.4, -0.2) is 11.9 Å². The smallest absolute Gasteiger partial charge is 0.338 e. The Hall–Kier alpha value is -3.57. The summed E-state index contributed by atoms with van der Waals surface area (Å²) in [6.45, 7) is 10.2. The van der Waals surface area contributed by atoms with E-state index >= 15 is 0 Å². The van der Waals surface area contributed by atoms with Gasteiger partial charge in [-0.3, -0.25) is 0 Å². The molecule has 0 aliphatic carbocycles. The fourth-order valence-electron chi connectivity index (χ4n) is 2.56. The molecule has 0 N–H and O–H groups in total. The van der Waals surface area contributed by atoms with E-state index < -0.39 is 11.9 Å². The lowest BCUT2D eigenvalue weighted by Crippen LogP contribution is -2.13. The zero-order valence-corrected chi connectivity index (χ0v) is 17.3. The van der Waals surface area contributed by atoms with Crippen LogP contribution >= 0.6 is 11.6 Å². The zero-order chi connectivity index (χ0) is 21.8. The monoisotopic (exact) mass is 422 g/mol. The topological polar surface area (TPSA) is 61.8 Å². The van der Waals surface area contributed by atoms with Gasteiger partial charge in [0.2, 0.25) is 0 Å². The van der Waals surface area contributed by atoms with Gasteiger partial charge in [-0.2, -0.15) is 0 Å². The van der Waals surface area contributed by atoms with Gasteiger partial charge < -0.3 is 14.2 Å². The molecule has 3 aromatic carbocycles. The summed E-state index contributed by atoms with van der Waals surface area (Å²) >= 11 is 6.19. The second-order valence-corrected chi connectivity index (χ2v) is 7.08. The van der Waals surface area contributed by atoms with Gasteiger partial charge in [-0.15, -0.1) is 0 Å². The minimum Gasteiger partial charge on any atom is -0.457 e. The van der Waals surface area contributed by atoms with Gasteiger partial charge >= 0.3 is 11.9 Å². The summed E-state index contributed by atoms with van der Waals surface area (Å²) in [5, 5.41) is 1.52. The lowest BCUT2D eigenvalue weighted by Gasteiger charge is -2.17. The molecule has 152 valence electrons. The van der Waals surface area contributed by atoms with Crippen LogP contribution in [0, 0.1) is 0 Å². The van der Waals surface area contributed by atoms with E-state index in [1.165, 1.54) is 19.9 Å². The van der Waals surface area contributed by atoms with E-state index in [1.54, 1.807) is 30.3 Å². The van der Waals surface area contributed by atoms with Gasteiger partial charge in [0, 0.05) is 33.0 Å². The molecule has 0 aromatic heterocycles. The number of carbonyl (C=O) groups excluding carboxylic acids is 2. The van der Waals surface area contributed by atoms with E-state index in [2.05, 4.69) is 13.2 Å². The summed E-state index contributed by atoms with van der Waals surface area (Å²) in [5.74, 6) is -0.304. The number of para-hydroxylation sites is 1. The number of hydrogen-bond donors (Lipinski definition) is 0. The summed E-state index contributed by atoms with van der Waals surface area (Å²) in [7, 11) is 0. The third-order valence-electron chi connectivity index (χ3n) is 4.04. The Balaban J connectivity index is 2.23. The SMILES string of the molecule is C=C(C)C(=O)Oc1cc(Oc2ccccc2)c2cc(Cl)ccc2c1OC(=O)C(=C)C. The Morgan fingerprint density at radius 3 is 2.07 bits per heavy atom. The van der Waals surface area contributed by atoms with Crippen molar-refractivity contribution < 1.29 is 23.8 Å². The first-order valence-electron chi connectivity index (χ1n) is 9.01. The maximum Gasteiger partial charge on any atom is 0.338 e. The Kier molecular flexibility index (Phi) is 6.23. The molecule has 0 saturated carbocycles. The molecule has 0 spiro atoms. The van der Waals surface area contributed by atoms with Crippen LogP contribution < -0.4 is 14.2 Å². The van der Waals surface area contributed by atoms with Crippen molar-refractivity contribution in [3.8, 4) is 23.0 Å². The maximum absolute atomic E-state index is 12.2. The van der Waals surface area contributed by atoms with Crippen molar-refractivity contribution in [2.45, 2.75) is 13.8 Å². The molecular weight excluding hydrogens is 404 g/mol. The summed E-state index contributed by atoms with van der Waals surface area (Å²) < 4.78 is 17.0. The molecule has 0 atom stereocenters. The minimum atomic E-state index is -0.665. The van der Waals surface area contributed by atoms with Crippen LogP contribution in [0.1, 0.15) is 13.8 Å². The van der Waals surface area contributed by atoms with Crippen molar-refractivity contribution in [3.05, 3.63) is 83.9 Å². The van der Waals surface area contributed by atoms with Crippen molar-refractivity contribution in [1.29, 1.82) is 0 Å². The first kappa shape index (κ1) is 21.1. The molecular formula is C24H19ClO5. The molecule has 3 rings (SSSR count). The summed E-state index contributed by atoms with van der Waals surface area (Å²) in [6, 6.07) is 15.5. The normalized spacial score (nSPS) is 10.4. The third kappa shape index (κ3) is 4.70. The number of benzene rings is 3. The quantitative estimate of drug-likeness (QED) is 0.267. The molecule has 6 heteroatoms. The summed E-state index contributed by atoms with van der Waals surface area (Å²) in [6.07, 6.45) is 0. The van der Waals surface area contributed by atoms with Crippen molar-refractivity contribution in [3.63, 3.8) is 0 Å². The fraction of sp³-hybridized carbons (Fsp3) is 0.0833. The third-order valence-corrected chi connectivity index (χ3v) is 4.28. The predicted octanol–water partition coefficient (Wildman–Crippen LogP) is 6.25. The van der Waals surface area contributed by atoms with E-state index in [1.807, 2.05) is 18.2 Å². The van der Waals surface area contributed by atoms with Gasteiger partial charge in [-0.05, 0) is 44.2 Å². The van der Waals surface area contributed by atoms with E-state index in [0.29, 0.717) is 27.3 Å². The second-order valence-electron chi connectivity index (χ2n) is 6.65. The molecule has 3 aromatic rings. The Labute approximate surface area is 179 Å². The molecule has 0 fully saturated rings. The Morgan fingerprint density at radius 1 is 0.800 bits per heavy atom. The molecule has 0 aliphatic heterocycles. The van der Waals surface area contributed by atoms with Crippen LogP contribution in [-0.2, 0) is 9.59 Å². The van der Waals surface area contributed by atoms with Gasteiger partial charge in [-0.25, -0.2) is 9.59 Å². The number of fused-ring (bicyclic) bond motifs is 1. The first-order chi connectivity index (χ1) is 14.3.